The van der Waals surface area contributed by atoms with Crippen LogP contribution in [0.5, 0.6) is 0 Å². The third-order valence-corrected chi connectivity index (χ3v) is 3.47. The van der Waals surface area contributed by atoms with Crippen molar-refractivity contribution in [3.8, 4) is 0 Å². The van der Waals surface area contributed by atoms with E-state index in [9.17, 15) is 0 Å². The van der Waals surface area contributed by atoms with Gasteiger partial charge in [-0.1, -0.05) is 0 Å². The number of aliphatic hydroxyl groups is 1. The lowest BCUT2D eigenvalue weighted by Gasteiger charge is -2.29. The van der Waals surface area contributed by atoms with E-state index in [-0.39, 0.29) is 6.61 Å². The van der Waals surface area contributed by atoms with Crippen LogP contribution in [-0.2, 0) is 4.74 Å². The molecule has 2 aliphatic rings. The number of rotatable bonds is 7. The molecule has 0 spiro atoms. The van der Waals surface area contributed by atoms with E-state index in [1.54, 1.807) is 0 Å². The molecule has 1 saturated heterocycles. The first-order chi connectivity index (χ1) is 7.88. The summed E-state index contributed by atoms with van der Waals surface area (Å²) >= 11 is 0. The Morgan fingerprint density at radius 3 is 2.56 bits per heavy atom. The minimum atomic E-state index is 0.288. The topological polar surface area (TPSA) is 35.9 Å². The van der Waals surface area contributed by atoms with Gasteiger partial charge < -0.3 is 9.84 Å². The second-order valence-electron chi connectivity index (χ2n) is 4.92. The van der Waals surface area contributed by atoms with E-state index in [1.165, 1.54) is 19.4 Å². The lowest BCUT2D eigenvalue weighted by atomic mass is 10.3. The molecule has 0 radical (unpaired) electrons. The van der Waals surface area contributed by atoms with Crippen molar-refractivity contribution in [2.24, 2.45) is 5.92 Å². The molecule has 1 aliphatic carbocycles. The minimum absolute atomic E-state index is 0.288. The van der Waals surface area contributed by atoms with Gasteiger partial charge in [-0.05, 0) is 18.8 Å². The molecule has 0 aromatic rings. The van der Waals surface area contributed by atoms with Crippen LogP contribution in [0.15, 0.2) is 0 Å². The fourth-order valence-electron chi connectivity index (χ4n) is 2.21. The molecule has 1 N–H and O–H groups in total. The van der Waals surface area contributed by atoms with Crippen LogP contribution in [0.4, 0.5) is 0 Å². The Morgan fingerprint density at radius 2 is 1.94 bits per heavy atom. The van der Waals surface area contributed by atoms with E-state index in [0.717, 1.165) is 51.9 Å². The summed E-state index contributed by atoms with van der Waals surface area (Å²) in [6.45, 7) is 8.41. The van der Waals surface area contributed by atoms with Gasteiger partial charge in [-0.3, -0.25) is 9.80 Å². The average molecular weight is 228 g/mol. The van der Waals surface area contributed by atoms with Crippen LogP contribution in [0, 0.1) is 5.92 Å². The molecule has 1 aliphatic heterocycles. The van der Waals surface area contributed by atoms with Gasteiger partial charge in [0.2, 0.25) is 0 Å². The predicted molar refractivity (Wildman–Crippen MR) is 63.5 cm³/mol. The quantitative estimate of drug-likeness (QED) is 0.666. The summed E-state index contributed by atoms with van der Waals surface area (Å²) in [7, 11) is 0. The first-order valence-electron chi connectivity index (χ1n) is 6.52. The molecule has 1 saturated carbocycles. The summed E-state index contributed by atoms with van der Waals surface area (Å²) in [6, 6.07) is 0. The van der Waals surface area contributed by atoms with Crippen LogP contribution in [0.1, 0.15) is 12.8 Å². The van der Waals surface area contributed by atoms with Crippen LogP contribution in [0.25, 0.3) is 0 Å². The van der Waals surface area contributed by atoms with Gasteiger partial charge in [0.1, 0.15) is 0 Å². The van der Waals surface area contributed by atoms with Crippen LogP contribution >= 0.6 is 0 Å². The van der Waals surface area contributed by atoms with E-state index in [1.807, 2.05) is 0 Å². The maximum absolute atomic E-state index is 9.03. The molecule has 4 nitrogen and oxygen atoms in total. The maximum Gasteiger partial charge on any atom is 0.0594 e. The molecule has 0 atom stereocenters. The summed E-state index contributed by atoms with van der Waals surface area (Å²) in [5, 5.41) is 9.03. The Hall–Kier alpha value is -0.160. The Morgan fingerprint density at radius 1 is 1.19 bits per heavy atom. The highest BCUT2D eigenvalue weighted by atomic mass is 16.5. The second kappa shape index (κ2) is 6.55. The number of ether oxygens (including phenoxy) is 1. The van der Waals surface area contributed by atoms with Gasteiger partial charge in [-0.25, -0.2) is 0 Å². The summed E-state index contributed by atoms with van der Waals surface area (Å²) in [6.07, 6.45) is 2.78. The van der Waals surface area contributed by atoms with E-state index in [0.29, 0.717) is 0 Å². The summed E-state index contributed by atoms with van der Waals surface area (Å²) in [5.74, 6) is 0.913. The third kappa shape index (κ3) is 4.37. The molecule has 2 rings (SSSR count). The zero-order chi connectivity index (χ0) is 11.2. The smallest absolute Gasteiger partial charge is 0.0594 e. The van der Waals surface area contributed by atoms with Crippen LogP contribution in [-0.4, -0.2) is 74.0 Å². The molecule has 0 bridgehead atoms. The number of morpholine rings is 1. The highest BCUT2D eigenvalue weighted by Gasteiger charge is 2.24. The lowest BCUT2D eigenvalue weighted by Crippen LogP contribution is -2.42. The Bertz CT molecular complexity index is 191. The SMILES string of the molecule is OCCN(CCN1CCOCC1)CC1CC1. The molecule has 0 aromatic carbocycles. The van der Waals surface area contributed by atoms with E-state index in [4.69, 9.17) is 9.84 Å². The van der Waals surface area contributed by atoms with Crippen molar-refractivity contribution in [2.75, 3.05) is 59.1 Å². The number of aliphatic hydroxyl groups excluding tert-OH is 1. The van der Waals surface area contributed by atoms with Crippen molar-refractivity contribution >= 4 is 0 Å². The first-order valence-corrected chi connectivity index (χ1v) is 6.52. The van der Waals surface area contributed by atoms with Crippen LogP contribution < -0.4 is 0 Å². The Balaban J connectivity index is 1.63. The van der Waals surface area contributed by atoms with E-state index >= 15 is 0 Å². The van der Waals surface area contributed by atoms with Gasteiger partial charge in [-0.2, -0.15) is 0 Å². The van der Waals surface area contributed by atoms with Crippen molar-refractivity contribution in [1.82, 2.24) is 9.80 Å². The van der Waals surface area contributed by atoms with Gasteiger partial charge in [0, 0.05) is 39.3 Å². The predicted octanol–water partition coefficient (Wildman–Crippen LogP) is 0.0229. The largest absolute Gasteiger partial charge is 0.395 e. The number of hydrogen-bond acceptors (Lipinski definition) is 4. The second-order valence-corrected chi connectivity index (χ2v) is 4.92. The molecule has 4 heteroatoms. The maximum atomic E-state index is 9.03. The zero-order valence-electron chi connectivity index (χ0n) is 10.1. The monoisotopic (exact) mass is 228 g/mol. The normalized spacial score (nSPS) is 22.9. The highest BCUT2D eigenvalue weighted by Crippen LogP contribution is 2.29. The van der Waals surface area contributed by atoms with Crippen molar-refractivity contribution in [2.45, 2.75) is 12.8 Å². The number of nitrogens with zero attached hydrogens (tertiary/aromatic N) is 2. The molecule has 0 amide bonds. The van der Waals surface area contributed by atoms with Gasteiger partial charge in [0.15, 0.2) is 0 Å². The Labute approximate surface area is 98.2 Å². The molecular weight excluding hydrogens is 204 g/mol. The van der Waals surface area contributed by atoms with Crippen molar-refractivity contribution in [1.29, 1.82) is 0 Å². The highest BCUT2D eigenvalue weighted by molar-refractivity contribution is 4.78. The van der Waals surface area contributed by atoms with Gasteiger partial charge in [0.05, 0.1) is 19.8 Å². The summed E-state index contributed by atoms with van der Waals surface area (Å²) in [5.41, 5.74) is 0. The molecular formula is C12H24N2O2. The average Bonchev–Trinajstić information content (AvgIpc) is 3.12. The zero-order valence-corrected chi connectivity index (χ0v) is 10.1. The van der Waals surface area contributed by atoms with Crippen LogP contribution in [0.3, 0.4) is 0 Å². The molecule has 2 fully saturated rings. The van der Waals surface area contributed by atoms with Crippen LogP contribution in [0.2, 0.25) is 0 Å². The van der Waals surface area contributed by atoms with E-state index < -0.39 is 0 Å². The van der Waals surface area contributed by atoms with Gasteiger partial charge >= 0.3 is 0 Å². The fourth-order valence-corrected chi connectivity index (χ4v) is 2.21. The third-order valence-electron chi connectivity index (χ3n) is 3.47. The minimum Gasteiger partial charge on any atom is -0.395 e. The summed E-state index contributed by atoms with van der Waals surface area (Å²) < 4.78 is 5.33. The molecule has 0 unspecified atom stereocenters. The molecule has 1 heterocycles. The van der Waals surface area contributed by atoms with Crippen molar-refractivity contribution in [3.63, 3.8) is 0 Å². The Kier molecular flexibility index (Phi) is 5.03. The molecule has 16 heavy (non-hydrogen) atoms. The number of hydrogen-bond donors (Lipinski definition) is 1. The summed E-state index contributed by atoms with van der Waals surface area (Å²) in [4.78, 5) is 4.87. The van der Waals surface area contributed by atoms with Crippen molar-refractivity contribution < 1.29 is 9.84 Å². The van der Waals surface area contributed by atoms with Gasteiger partial charge in [-0.15, -0.1) is 0 Å². The van der Waals surface area contributed by atoms with E-state index in [2.05, 4.69) is 9.80 Å². The molecule has 0 aromatic heterocycles. The fraction of sp³-hybridized carbons (Fsp3) is 1.00. The molecule has 94 valence electrons. The lowest BCUT2D eigenvalue weighted by molar-refractivity contribution is 0.0322. The first kappa shape index (κ1) is 12.3. The standard InChI is InChI=1S/C12H24N2O2/c15-8-5-14(11-12-1-2-12)4-3-13-6-9-16-10-7-13/h12,15H,1-11H2. The van der Waals surface area contributed by atoms with Crippen molar-refractivity contribution in [3.05, 3.63) is 0 Å². The van der Waals surface area contributed by atoms with Gasteiger partial charge in [0.25, 0.3) is 0 Å².